The molecule has 2 aliphatic rings. The van der Waals surface area contributed by atoms with E-state index in [9.17, 15) is 9.90 Å². The lowest BCUT2D eigenvalue weighted by atomic mass is 9.75. The number of amides is 1. The molecule has 1 aliphatic carbocycles. The van der Waals surface area contributed by atoms with Gasteiger partial charge in [-0.2, -0.15) is 5.10 Å². The Balaban J connectivity index is 1.39. The Kier molecular flexibility index (Phi) is 4.78. The zero-order valence-electron chi connectivity index (χ0n) is 15.1. The highest BCUT2D eigenvalue weighted by molar-refractivity contribution is 5.78. The van der Waals surface area contributed by atoms with Crippen LogP contribution in [0.4, 0.5) is 0 Å². The van der Waals surface area contributed by atoms with Gasteiger partial charge in [-0.3, -0.25) is 14.4 Å². The molecule has 1 fully saturated rings. The van der Waals surface area contributed by atoms with Crippen LogP contribution in [-0.2, 0) is 24.8 Å². The van der Waals surface area contributed by atoms with Gasteiger partial charge in [0.05, 0.1) is 24.9 Å². The van der Waals surface area contributed by atoms with Crippen LogP contribution in [0.5, 0.6) is 0 Å². The molecular weight excluding hydrogens is 328 g/mol. The maximum Gasteiger partial charge on any atom is 0.234 e. The van der Waals surface area contributed by atoms with Crippen LogP contribution in [0.25, 0.3) is 0 Å². The lowest BCUT2D eigenvalue weighted by Gasteiger charge is -2.38. The number of carbonyl (C=O) groups excluding carboxylic acids is 1. The summed E-state index contributed by atoms with van der Waals surface area (Å²) in [5.74, 6) is 0.319. The highest BCUT2D eigenvalue weighted by atomic mass is 16.3. The smallest absolute Gasteiger partial charge is 0.234 e. The van der Waals surface area contributed by atoms with Gasteiger partial charge in [0, 0.05) is 31.9 Å². The van der Waals surface area contributed by atoms with Crippen LogP contribution in [0.1, 0.15) is 35.6 Å². The number of hydrogen-bond donors (Lipinski definition) is 2. The number of nitrogens with zero attached hydrogens (tertiary/aromatic N) is 3. The van der Waals surface area contributed by atoms with Crippen molar-refractivity contribution in [1.29, 1.82) is 0 Å². The molecule has 6 nitrogen and oxygen atoms in total. The van der Waals surface area contributed by atoms with E-state index in [1.807, 2.05) is 19.4 Å². The van der Waals surface area contributed by atoms with Crippen LogP contribution < -0.4 is 5.32 Å². The second kappa shape index (κ2) is 7.21. The Labute approximate surface area is 153 Å². The molecule has 1 amide bonds. The molecule has 4 rings (SSSR count). The lowest BCUT2D eigenvalue weighted by molar-refractivity contribution is -0.124. The molecule has 0 radical (unpaired) electrons. The first kappa shape index (κ1) is 17.2. The Bertz CT molecular complexity index is 782. The molecule has 2 heterocycles. The van der Waals surface area contributed by atoms with Gasteiger partial charge in [-0.15, -0.1) is 0 Å². The fraction of sp³-hybridized carbons (Fsp3) is 0.500. The summed E-state index contributed by atoms with van der Waals surface area (Å²) in [4.78, 5) is 14.9. The SMILES string of the molecule is Cn1cc([C@H](NC(=O)CN2CCc3ccccc3C2)C2CC(O)C2)cn1. The summed E-state index contributed by atoms with van der Waals surface area (Å²) in [6, 6.07) is 8.38. The molecule has 1 aromatic carbocycles. The number of carbonyl (C=O) groups is 1. The summed E-state index contributed by atoms with van der Waals surface area (Å²) in [6.45, 7) is 2.13. The molecule has 1 aromatic heterocycles. The van der Waals surface area contributed by atoms with Crippen molar-refractivity contribution in [2.45, 2.75) is 38.0 Å². The van der Waals surface area contributed by atoms with Gasteiger partial charge in [-0.25, -0.2) is 0 Å². The third kappa shape index (κ3) is 3.66. The molecule has 6 heteroatoms. The summed E-state index contributed by atoms with van der Waals surface area (Å²) in [7, 11) is 1.88. The Morgan fingerprint density at radius 2 is 2.12 bits per heavy atom. The van der Waals surface area contributed by atoms with E-state index in [-0.39, 0.29) is 24.0 Å². The average Bonchev–Trinajstić information content (AvgIpc) is 3.03. The normalized spacial score (nSPS) is 23.8. The minimum Gasteiger partial charge on any atom is -0.393 e. The maximum atomic E-state index is 12.7. The number of aryl methyl sites for hydroxylation is 1. The standard InChI is InChI=1S/C20H26N4O2/c1-23-11-17(10-21-23)20(16-8-18(25)9-16)22-19(26)13-24-7-6-14-4-2-3-5-15(14)12-24/h2-5,10-11,16,18,20,25H,6-9,12-13H2,1H3,(H,22,26)/t16?,18?,20-/m1/s1. The van der Waals surface area contributed by atoms with Crippen molar-refractivity contribution < 1.29 is 9.90 Å². The molecule has 0 unspecified atom stereocenters. The largest absolute Gasteiger partial charge is 0.393 e. The Morgan fingerprint density at radius 3 is 2.81 bits per heavy atom. The zero-order valence-corrected chi connectivity index (χ0v) is 15.1. The number of hydrogen-bond acceptors (Lipinski definition) is 4. The van der Waals surface area contributed by atoms with Crippen molar-refractivity contribution in [1.82, 2.24) is 20.0 Å². The third-order valence-corrected chi connectivity index (χ3v) is 5.60. The number of aromatic nitrogens is 2. The molecule has 1 aliphatic heterocycles. The molecule has 0 saturated heterocycles. The van der Waals surface area contributed by atoms with Gasteiger partial charge in [0.15, 0.2) is 0 Å². The van der Waals surface area contributed by atoms with E-state index in [0.29, 0.717) is 6.54 Å². The van der Waals surface area contributed by atoms with Gasteiger partial charge in [-0.1, -0.05) is 24.3 Å². The minimum atomic E-state index is -0.241. The molecule has 1 saturated carbocycles. The van der Waals surface area contributed by atoms with E-state index < -0.39 is 0 Å². The van der Waals surface area contributed by atoms with Gasteiger partial charge in [-0.05, 0) is 36.3 Å². The number of rotatable bonds is 5. The lowest BCUT2D eigenvalue weighted by Crippen LogP contribution is -2.45. The summed E-state index contributed by atoms with van der Waals surface area (Å²) >= 11 is 0. The molecule has 2 aromatic rings. The van der Waals surface area contributed by atoms with Crippen LogP contribution in [0.15, 0.2) is 36.7 Å². The Morgan fingerprint density at radius 1 is 1.35 bits per heavy atom. The maximum absolute atomic E-state index is 12.7. The van der Waals surface area contributed by atoms with Crippen molar-refractivity contribution >= 4 is 5.91 Å². The first-order valence-electron chi connectivity index (χ1n) is 9.33. The van der Waals surface area contributed by atoms with Crippen molar-refractivity contribution in [3.05, 3.63) is 53.3 Å². The first-order chi connectivity index (χ1) is 12.6. The monoisotopic (exact) mass is 354 g/mol. The van der Waals surface area contributed by atoms with Crippen molar-refractivity contribution in [3.8, 4) is 0 Å². The summed E-state index contributed by atoms with van der Waals surface area (Å²) < 4.78 is 1.76. The average molecular weight is 354 g/mol. The molecule has 138 valence electrons. The topological polar surface area (TPSA) is 70.4 Å². The molecule has 0 spiro atoms. The second-order valence-electron chi connectivity index (χ2n) is 7.61. The van der Waals surface area contributed by atoms with Gasteiger partial charge < -0.3 is 10.4 Å². The number of aliphatic hydroxyl groups is 1. The van der Waals surface area contributed by atoms with Crippen LogP contribution in [-0.4, -0.2) is 44.9 Å². The minimum absolute atomic E-state index is 0.0413. The predicted octanol–water partition coefficient (Wildman–Crippen LogP) is 1.41. The van der Waals surface area contributed by atoms with E-state index in [1.165, 1.54) is 11.1 Å². The quantitative estimate of drug-likeness (QED) is 0.852. The predicted molar refractivity (Wildman–Crippen MR) is 98.2 cm³/mol. The molecular formula is C20H26N4O2. The van der Waals surface area contributed by atoms with E-state index in [4.69, 9.17) is 0 Å². The van der Waals surface area contributed by atoms with Crippen LogP contribution in [0.3, 0.4) is 0 Å². The fourth-order valence-corrected chi connectivity index (χ4v) is 4.09. The highest BCUT2D eigenvalue weighted by Gasteiger charge is 2.36. The van der Waals surface area contributed by atoms with E-state index >= 15 is 0 Å². The van der Waals surface area contributed by atoms with Crippen LogP contribution in [0, 0.1) is 5.92 Å². The zero-order chi connectivity index (χ0) is 18.1. The van der Waals surface area contributed by atoms with Crippen LogP contribution >= 0.6 is 0 Å². The first-order valence-corrected chi connectivity index (χ1v) is 9.33. The molecule has 2 N–H and O–H groups in total. The summed E-state index contributed by atoms with van der Waals surface area (Å²) in [5.41, 5.74) is 3.72. The number of aliphatic hydroxyl groups excluding tert-OH is 1. The number of fused-ring (bicyclic) bond motifs is 1. The molecule has 0 bridgehead atoms. The van der Waals surface area contributed by atoms with Gasteiger partial charge in [0.1, 0.15) is 0 Å². The second-order valence-corrected chi connectivity index (χ2v) is 7.61. The molecule has 1 atom stereocenters. The summed E-state index contributed by atoms with van der Waals surface area (Å²) in [6.07, 6.45) is 5.98. The van der Waals surface area contributed by atoms with Gasteiger partial charge in [0.2, 0.25) is 5.91 Å². The van der Waals surface area contributed by atoms with Crippen LogP contribution in [0.2, 0.25) is 0 Å². The number of nitrogens with one attached hydrogen (secondary N) is 1. The highest BCUT2D eigenvalue weighted by Crippen LogP contribution is 2.37. The number of benzene rings is 1. The van der Waals surface area contributed by atoms with Crippen molar-refractivity contribution in [2.24, 2.45) is 13.0 Å². The summed E-state index contributed by atoms with van der Waals surface area (Å²) in [5, 5.41) is 17.1. The van der Waals surface area contributed by atoms with E-state index in [1.54, 1.807) is 4.68 Å². The van der Waals surface area contributed by atoms with Crippen molar-refractivity contribution in [3.63, 3.8) is 0 Å². The van der Waals surface area contributed by atoms with Crippen molar-refractivity contribution in [2.75, 3.05) is 13.1 Å². The molecule has 26 heavy (non-hydrogen) atoms. The van der Waals surface area contributed by atoms with E-state index in [2.05, 4.69) is 39.6 Å². The fourth-order valence-electron chi connectivity index (χ4n) is 4.09. The van der Waals surface area contributed by atoms with Gasteiger partial charge >= 0.3 is 0 Å². The third-order valence-electron chi connectivity index (χ3n) is 5.60. The Hall–Kier alpha value is -2.18. The van der Waals surface area contributed by atoms with E-state index in [0.717, 1.165) is 37.9 Å². The van der Waals surface area contributed by atoms with Gasteiger partial charge in [0.25, 0.3) is 0 Å².